The third-order valence-corrected chi connectivity index (χ3v) is 2.32. The standard InChI is InChI=1S/C8H15N5O/c1-13-11-8(10-12-13)6-9-7-2-4-14-5-3-7/h7,9H,2-6H2,1H3. The van der Waals surface area contributed by atoms with Gasteiger partial charge in [-0.25, -0.2) is 0 Å². The molecule has 0 saturated carbocycles. The number of hydrogen-bond donors (Lipinski definition) is 1. The molecule has 2 heterocycles. The Morgan fingerprint density at radius 3 is 2.93 bits per heavy atom. The molecule has 0 aliphatic carbocycles. The first kappa shape index (κ1) is 9.54. The molecule has 0 unspecified atom stereocenters. The molecule has 1 aromatic heterocycles. The van der Waals surface area contributed by atoms with Crippen molar-refractivity contribution < 1.29 is 4.74 Å². The van der Waals surface area contributed by atoms with Crippen LogP contribution in [-0.2, 0) is 18.3 Å². The van der Waals surface area contributed by atoms with E-state index in [-0.39, 0.29) is 0 Å². The lowest BCUT2D eigenvalue weighted by atomic mass is 10.1. The summed E-state index contributed by atoms with van der Waals surface area (Å²) in [5.74, 6) is 0.749. The van der Waals surface area contributed by atoms with Gasteiger partial charge in [-0.15, -0.1) is 10.2 Å². The minimum absolute atomic E-state index is 0.535. The van der Waals surface area contributed by atoms with Crippen LogP contribution in [0, 0.1) is 0 Å². The maximum Gasteiger partial charge on any atom is 0.188 e. The summed E-state index contributed by atoms with van der Waals surface area (Å²) in [6.45, 7) is 2.40. The van der Waals surface area contributed by atoms with Crippen LogP contribution in [-0.4, -0.2) is 39.5 Å². The van der Waals surface area contributed by atoms with Crippen molar-refractivity contribution >= 4 is 0 Å². The molecular formula is C8H15N5O. The summed E-state index contributed by atoms with van der Waals surface area (Å²) >= 11 is 0. The van der Waals surface area contributed by atoms with Crippen LogP contribution in [0.15, 0.2) is 0 Å². The number of nitrogens with zero attached hydrogens (tertiary/aromatic N) is 4. The van der Waals surface area contributed by atoms with Gasteiger partial charge in [0, 0.05) is 19.3 Å². The van der Waals surface area contributed by atoms with Gasteiger partial charge in [0.25, 0.3) is 0 Å². The van der Waals surface area contributed by atoms with Crippen molar-refractivity contribution in [3.63, 3.8) is 0 Å². The molecule has 6 nitrogen and oxygen atoms in total. The number of tetrazole rings is 1. The minimum Gasteiger partial charge on any atom is -0.381 e. The Hall–Kier alpha value is -1.01. The molecule has 0 atom stereocenters. The minimum atomic E-state index is 0.535. The topological polar surface area (TPSA) is 64.9 Å². The molecule has 1 N–H and O–H groups in total. The monoisotopic (exact) mass is 197 g/mol. The SMILES string of the molecule is Cn1nnc(CNC2CCOCC2)n1. The van der Waals surface area contributed by atoms with E-state index in [1.165, 1.54) is 4.80 Å². The predicted molar refractivity (Wildman–Crippen MR) is 49.5 cm³/mol. The Morgan fingerprint density at radius 2 is 2.29 bits per heavy atom. The lowest BCUT2D eigenvalue weighted by molar-refractivity contribution is 0.0774. The van der Waals surface area contributed by atoms with Crippen molar-refractivity contribution in [2.24, 2.45) is 7.05 Å². The normalized spacial score (nSPS) is 18.6. The van der Waals surface area contributed by atoms with Crippen molar-refractivity contribution in [3.05, 3.63) is 5.82 Å². The Balaban J connectivity index is 1.76. The van der Waals surface area contributed by atoms with E-state index in [1.54, 1.807) is 7.05 Å². The van der Waals surface area contributed by atoms with E-state index in [9.17, 15) is 0 Å². The molecule has 6 heteroatoms. The van der Waals surface area contributed by atoms with E-state index in [1.807, 2.05) is 0 Å². The fraction of sp³-hybridized carbons (Fsp3) is 0.875. The zero-order valence-corrected chi connectivity index (χ0v) is 8.31. The van der Waals surface area contributed by atoms with Gasteiger partial charge >= 0.3 is 0 Å². The highest BCUT2D eigenvalue weighted by Crippen LogP contribution is 2.06. The largest absolute Gasteiger partial charge is 0.381 e. The van der Waals surface area contributed by atoms with Crippen molar-refractivity contribution in [1.29, 1.82) is 0 Å². The highest BCUT2D eigenvalue weighted by molar-refractivity contribution is 4.78. The van der Waals surface area contributed by atoms with E-state index in [0.717, 1.165) is 31.9 Å². The number of aromatic nitrogens is 4. The quantitative estimate of drug-likeness (QED) is 0.706. The number of nitrogens with one attached hydrogen (secondary N) is 1. The van der Waals surface area contributed by atoms with Gasteiger partial charge in [0.05, 0.1) is 13.6 Å². The van der Waals surface area contributed by atoms with Gasteiger partial charge in [-0.05, 0) is 18.1 Å². The average molecular weight is 197 g/mol. The van der Waals surface area contributed by atoms with Crippen LogP contribution < -0.4 is 5.32 Å². The fourth-order valence-corrected chi connectivity index (χ4v) is 1.53. The summed E-state index contributed by atoms with van der Waals surface area (Å²) < 4.78 is 5.27. The second-order valence-electron chi connectivity index (χ2n) is 3.46. The maximum atomic E-state index is 5.27. The van der Waals surface area contributed by atoms with Crippen LogP contribution in [0.2, 0.25) is 0 Å². The molecular weight excluding hydrogens is 182 g/mol. The zero-order valence-electron chi connectivity index (χ0n) is 8.31. The Kier molecular flexibility index (Phi) is 3.05. The highest BCUT2D eigenvalue weighted by atomic mass is 16.5. The van der Waals surface area contributed by atoms with Crippen LogP contribution in [0.3, 0.4) is 0 Å². The van der Waals surface area contributed by atoms with Crippen LogP contribution in [0.5, 0.6) is 0 Å². The first-order chi connectivity index (χ1) is 6.84. The first-order valence-corrected chi connectivity index (χ1v) is 4.88. The van der Waals surface area contributed by atoms with Crippen LogP contribution >= 0.6 is 0 Å². The molecule has 2 rings (SSSR count). The molecule has 1 aliphatic rings. The van der Waals surface area contributed by atoms with E-state index < -0.39 is 0 Å². The molecule has 0 aromatic carbocycles. The average Bonchev–Trinajstić information content (AvgIpc) is 2.63. The molecule has 14 heavy (non-hydrogen) atoms. The molecule has 1 fully saturated rings. The second-order valence-corrected chi connectivity index (χ2v) is 3.46. The van der Waals surface area contributed by atoms with E-state index >= 15 is 0 Å². The summed E-state index contributed by atoms with van der Waals surface area (Å²) in [6.07, 6.45) is 2.14. The summed E-state index contributed by atoms with van der Waals surface area (Å²) in [6, 6.07) is 0.535. The number of rotatable bonds is 3. The Bertz CT molecular complexity index is 281. The Labute approximate surface area is 82.6 Å². The lowest BCUT2D eigenvalue weighted by Crippen LogP contribution is -2.34. The molecule has 0 amide bonds. The number of hydrogen-bond acceptors (Lipinski definition) is 5. The molecule has 1 saturated heterocycles. The van der Waals surface area contributed by atoms with E-state index in [2.05, 4.69) is 20.7 Å². The van der Waals surface area contributed by atoms with Gasteiger partial charge in [0.1, 0.15) is 0 Å². The molecule has 78 valence electrons. The van der Waals surface area contributed by atoms with E-state index in [4.69, 9.17) is 4.74 Å². The number of aryl methyl sites for hydroxylation is 1. The van der Waals surface area contributed by atoms with Crippen LogP contribution in [0.25, 0.3) is 0 Å². The van der Waals surface area contributed by atoms with Crippen molar-refractivity contribution in [1.82, 2.24) is 25.5 Å². The molecule has 0 radical (unpaired) electrons. The van der Waals surface area contributed by atoms with Crippen LogP contribution in [0.4, 0.5) is 0 Å². The van der Waals surface area contributed by atoms with Crippen molar-refractivity contribution in [2.45, 2.75) is 25.4 Å². The maximum absolute atomic E-state index is 5.27. The summed E-state index contributed by atoms with van der Waals surface area (Å²) in [4.78, 5) is 1.47. The third-order valence-electron chi connectivity index (χ3n) is 2.32. The molecule has 1 aliphatic heterocycles. The lowest BCUT2D eigenvalue weighted by Gasteiger charge is -2.22. The van der Waals surface area contributed by atoms with Gasteiger partial charge in [-0.3, -0.25) is 0 Å². The first-order valence-electron chi connectivity index (χ1n) is 4.88. The smallest absolute Gasteiger partial charge is 0.188 e. The van der Waals surface area contributed by atoms with Gasteiger partial charge in [-0.1, -0.05) is 0 Å². The highest BCUT2D eigenvalue weighted by Gasteiger charge is 2.13. The fourth-order valence-electron chi connectivity index (χ4n) is 1.53. The van der Waals surface area contributed by atoms with Gasteiger partial charge in [0.2, 0.25) is 0 Å². The summed E-state index contributed by atoms with van der Waals surface area (Å²) in [5, 5.41) is 15.2. The third kappa shape index (κ3) is 2.49. The second kappa shape index (κ2) is 4.47. The predicted octanol–water partition coefficient (Wildman–Crippen LogP) is -0.521. The van der Waals surface area contributed by atoms with E-state index in [0.29, 0.717) is 12.6 Å². The van der Waals surface area contributed by atoms with Gasteiger partial charge < -0.3 is 10.1 Å². The van der Waals surface area contributed by atoms with Crippen molar-refractivity contribution in [3.8, 4) is 0 Å². The number of ether oxygens (including phenoxy) is 1. The zero-order chi connectivity index (χ0) is 9.80. The Morgan fingerprint density at radius 1 is 1.50 bits per heavy atom. The summed E-state index contributed by atoms with van der Waals surface area (Å²) in [7, 11) is 1.77. The molecule has 0 spiro atoms. The van der Waals surface area contributed by atoms with Crippen LogP contribution in [0.1, 0.15) is 18.7 Å². The van der Waals surface area contributed by atoms with Gasteiger partial charge in [-0.2, -0.15) is 4.80 Å². The molecule has 1 aromatic rings. The molecule has 0 bridgehead atoms. The van der Waals surface area contributed by atoms with Gasteiger partial charge in [0.15, 0.2) is 5.82 Å². The van der Waals surface area contributed by atoms with Crippen molar-refractivity contribution in [2.75, 3.05) is 13.2 Å². The summed E-state index contributed by atoms with van der Waals surface area (Å²) in [5.41, 5.74) is 0.